The Morgan fingerprint density at radius 2 is 1.88 bits per heavy atom. The molecule has 1 fully saturated rings. The Kier molecular flexibility index (Phi) is 2.13. The maximum absolute atomic E-state index is 4.63. The minimum atomic E-state index is 0.758. The molecule has 84 valence electrons. The lowest BCUT2D eigenvalue weighted by Crippen LogP contribution is -2.20. The number of fused-ring (bicyclic) bond motifs is 1. The highest BCUT2D eigenvalue weighted by Gasteiger charge is 2.27. The van der Waals surface area contributed by atoms with Crippen LogP contribution in [0.2, 0.25) is 0 Å². The lowest BCUT2D eigenvalue weighted by Gasteiger charge is -2.13. The van der Waals surface area contributed by atoms with E-state index < -0.39 is 0 Å². The number of imidazole rings is 1. The molecule has 0 bridgehead atoms. The van der Waals surface area contributed by atoms with E-state index in [2.05, 4.69) is 40.8 Å². The van der Waals surface area contributed by atoms with Gasteiger partial charge in [0.15, 0.2) is 0 Å². The number of aromatic nitrogens is 2. The molecule has 1 aliphatic heterocycles. The van der Waals surface area contributed by atoms with Crippen LogP contribution in [0.3, 0.4) is 0 Å². The average Bonchev–Trinajstić information content (AvgIpc) is 2.83. The summed E-state index contributed by atoms with van der Waals surface area (Å²) in [6.07, 6.45) is 0. The molecule has 0 amide bonds. The Balaban J connectivity index is 1.95. The van der Waals surface area contributed by atoms with Crippen LogP contribution in [0.5, 0.6) is 0 Å². The van der Waals surface area contributed by atoms with Crippen LogP contribution in [0, 0.1) is 11.8 Å². The number of hydrogen-bond donors (Lipinski definition) is 1. The SMILES string of the molecule is CC1CN(c2nc3ccccc3[nH]2)CC1C. The number of benzene rings is 1. The second-order valence-electron chi connectivity index (χ2n) is 4.94. The topological polar surface area (TPSA) is 31.9 Å². The Hall–Kier alpha value is -1.51. The van der Waals surface area contributed by atoms with Gasteiger partial charge in [-0.1, -0.05) is 26.0 Å². The van der Waals surface area contributed by atoms with Gasteiger partial charge in [0.2, 0.25) is 5.95 Å². The molecule has 1 aromatic heterocycles. The van der Waals surface area contributed by atoms with Crippen molar-refractivity contribution in [2.24, 2.45) is 11.8 Å². The van der Waals surface area contributed by atoms with Crippen LogP contribution >= 0.6 is 0 Å². The molecule has 16 heavy (non-hydrogen) atoms. The minimum Gasteiger partial charge on any atom is -0.342 e. The summed E-state index contributed by atoms with van der Waals surface area (Å²) >= 11 is 0. The first-order valence-electron chi connectivity index (χ1n) is 5.94. The van der Waals surface area contributed by atoms with Crippen LogP contribution in [0.1, 0.15) is 13.8 Å². The van der Waals surface area contributed by atoms with E-state index in [1.807, 2.05) is 12.1 Å². The molecule has 2 unspecified atom stereocenters. The summed E-state index contributed by atoms with van der Waals surface area (Å²) < 4.78 is 0. The maximum Gasteiger partial charge on any atom is 0.203 e. The number of hydrogen-bond acceptors (Lipinski definition) is 2. The largest absolute Gasteiger partial charge is 0.342 e. The first-order valence-corrected chi connectivity index (χ1v) is 5.94. The van der Waals surface area contributed by atoms with Crippen LogP contribution in [0.25, 0.3) is 11.0 Å². The molecule has 3 nitrogen and oxygen atoms in total. The Morgan fingerprint density at radius 1 is 1.19 bits per heavy atom. The summed E-state index contributed by atoms with van der Waals surface area (Å²) in [5, 5.41) is 0. The average molecular weight is 215 g/mol. The van der Waals surface area contributed by atoms with Crippen LogP contribution in [0.4, 0.5) is 5.95 Å². The number of nitrogens with zero attached hydrogens (tertiary/aromatic N) is 2. The van der Waals surface area contributed by atoms with Crippen molar-refractivity contribution in [3.63, 3.8) is 0 Å². The summed E-state index contributed by atoms with van der Waals surface area (Å²) in [6, 6.07) is 8.20. The number of H-pyrrole nitrogens is 1. The molecule has 3 rings (SSSR count). The number of para-hydroxylation sites is 2. The van der Waals surface area contributed by atoms with E-state index in [0.29, 0.717) is 0 Å². The molecule has 0 aliphatic carbocycles. The third kappa shape index (κ3) is 1.47. The molecule has 1 saturated heterocycles. The molecule has 2 heterocycles. The van der Waals surface area contributed by atoms with Gasteiger partial charge in [0.25, 0.3) is 0 Å². The fourth-order valence-electron chi connectivity index (χ4n) is 2.39. The van der Waals surface area contributed by atoms with Gasteiger partial charge in [-0.3, -0.25) is 0 Å². The zero-order chi connectivity index (χ0) is 11.1. The van der Waals surface area contributed by atoms with Crippen molar-refractivity contribution < 1.29 is 0 Å². The van der Waals surface area contributed by atoms with Crippen molar-refractivity contribution in [2.75, 3.05) is 18.0 Å². The summed E-state index contributed by atoms with van der Waals surface area (Å²) in [6.45, 7) is 6.85. The summed E-state index contributed by atoms with van der Waals surface area (Å²) in [7, 11) is 0. The highest BCUT2D eigenvalue weighted by molar-refractivity contribution is 5.77. The molecular weight excluding hydrogens is 198 g/mol. The zero-order valence-corrected chi connectivity index (χ0v) is 9.77. The second-order valence-corrected chi connectivity index (χ2v) is 4.94. The molecule has 1 aliphatic rings. The molecule has 1 N–H and O–H groups in total. The van der Waals surface area contributed by atoms with Crippen LogP contribution in [-0.4, -0.2) is 23.1 Å². The number of nitrogens with one attached hydrogen (secondary N) is 1. The summed E-state index contributed by atoms with van der Waals surface area (Å²) in [5.41, 5.74) is 2.19. The Morgan fingerprint density at radius 3 is 2.56 bits per heavy atom. The minimum absolute atomic E-state index is 0.758. The van der Waals surface area contributed by atoms with E-state index in [1.165, 1.54) is 0 Å². The third-order valence-electron chi connectivity index (χ3n) is 3.66. The lowest BCUT2D eigenvalue weighted by atomic mass is 10.0. The third-order valence-corrected chi connectivity index (χ3v) is 3.66. The van der Waals surface area contributed by atoms with E-state index in [1.54, 1.807) is 0 Å². The lowest BCUT2D eigenvalue weighted by molar-refractivity contribution is 0.494. The van der Waals surface area contributed by atoms with Gasteiger partial charge in [-0.05, 0) is 24.0 Å². The predicted octanol–water partition coefficient (Wildman–Crippen LogP) is 2.66. The summed E-state index contributed by atoms with van der Waals surface area (Å²) in [4.78, 5) is 10.4. The molecule has 0 spiro atoms. The number of aromatic amines is 1. The number of anilines is 1. The fourth-order valence-corrected chi connectivity index (χ4v) is 2.39. The van der Waals surface area contributed by atoms with E-state index in [4.69, 9.17) is 0 Å². The molecule has 0 radical (unpaired) electrons. The van der Waals surface area contributed by atoms with E-state index in [0.717, 1.165) is 41.9 Å². The van der Waals surface area contributed by atoms with Crippen molar-refractivity contribution in [3.05, 3.63) is 24.3 Å². The van der Waals surface area contributed by atoms with Gasteiger partial charge in [0, 0.05) is 13.1 Å². The van der Waals surface area contributed by atoms with Gasteiger partial charge in [-0.15, -0.1) is 0 Å². The molecular formula is C13H17N3. The smallest absolute Gasteiger partial charge is 0.203 e. The van der Waals surface area contributed by atoms with Gasteiger partial charge in [0.05, 0.1) is 11.0 Å². The summed E-state index contributed by atoms with van der Waals surface area (Å²) in [5.74, 6) is 2.54. The fraction of sp³-hybridized carbons (Fsp3) is 0.462. The van der Waals surface area contributed by atoms with Crippen molar-refractivity contribution in [2.45, 2.75) is 13.8 Å². The highest BCUT2D eigenvalue weighted by Crippen LogP contribution is 2.27. The van der Waals surface area contributed by atoms with E-state index >= 15 is 0 Å². The Bertz CT molecular complexity index is 460. The van der Waals surface area contributed by atoms with Gasteiger partial charge >= 0.3 is 0 Å². The first-order chi connectivity index (χ1) is 7.74. The maximum atomic E-state index is 4.63. The Labute approximate surface area is 95.5 Å². The quantitative estimate of drug-likeness (QED) is 0.793. The monoisotopic (exact) mass is 215 g/mol. The first kappa shape index (κ1) is 9.70. The van der Waals surface area contributed by atoms with Crippen LogP contribution in [-0.2, 0) is 0 Å². The number of rotatable bonds is 1. The van der Waals surface area contributed by atoms with E-state index in [9.17, 15) is 0 Å². The molecule has 2 aromatic rings. The van der Waals surface area contributed by atoms with Crippen molar-refractivity contribution in [3.8, 4) is 0 Å². The normalized spacial score (nSPS) is 25.5. The molecule has 0 saturated carbocycles. The van der Waals surface area contributed by atoms with Crippen molar-refractivity contribution in [1.29, 1.82) is 0 Å². The second kappa shape index (κ2) is 3.51. The van der Waals surface area contributed by atoms with Crippen molar-refractivity contribution in [1.82, 2.24) is 9.97 Å². The standard InChI is InChI=1S/C13H17N3/c1-9-7-16(8-10(9)2)13-14-11-5-3-4-6-12(11)15-13/h3-6,9-10H,7-8H2,1-2H3,(H,14,15). The van der Waals surface area contributed by atoms with Gasteiger partial charge in [-0.2, -0.15) is 0 Å². The van der Waals surface area contributed by atoms with Gasteiger partial charge in [-0.25, -0.2) is 4.98 Å². The molecule has 3 heteroatoms. The molecule has 1 aromatic carbocycles. The zero-order valence-electron chi connectivity index (χ0n) is 9.77. The van der Waals surface area contributed by atoms with Gasteiger partial charge < -0.3 is 9.88 Å². The predicted molar refractivity (Wildman–Crippen MR) is 66.6 cm³/mol. The van der Waals surface area contributed by atoms with Crippen LogP contribution in [0.15, 0.2) is 24.3 Å². The van der Waals surface area contributed by atoms with Crippen LogP contribution < -0.4 is 4.90 Å². The molecule has 2 atom stereocenters. The van der Waals surface area contributed by atoms with E-state index in [-0.39, 0.29) is 0 Å². The highest BCUT2D eigenvalue weighted by atomic mass is 15.3. The van der Waals surface area contributed by atoms with Gasteiger partial charge in [0.1, 0.15) is 0 Å². The van der Waals surface area contributed by atoms with Crippen molar-refractivity contribution >= 4 is 17.0 Å².